The molecule has 0 radical (unpaired) electrons. The number of rotatable bonds is 3. The van der Waals surface area contributed by atoms with Crippen molar-refractivity contribution in [1.29, 1.82) is 0 Å². The largest absolute Gasteiger partial charge is 0.297 e. The van der Waals surface area contributed by atoms with Crippen molar-refractivity contribution >= 4 is 33.7 Å². The lowest BCUT2D eigenvalue weighted by Gasteiger charge is -2.06. The summed E-state index contributed by atoms with van der Waals surface area (Å²) < 4.78 is 0. The molecule has 3 rings (SSSR count). The molecule has 19 heavy (non-hydrogen) atoms. The Hall–Kier alpha value is -1.20. The number of anilines is 1. The second kappa shape index (κ2) is 5.43. The van der Waals surface area contributed by atoms with Crippen molar-refractivity contribution in [2.45, 2.75) is 39.0 Å². The first kappa shape index (κ1) is 12.8. The lowest BCUT2D eigenvalue weighted by Crippen LogP contribution is -2.09. The van der Waals surface area contributed by atoms with E-state index in [4.69, 9.17) is 0 Å². The fraction of sp³-hybridized carbons (Fsp3) is 0.429. The van der Waals surface area contributed by atoms with Crippen LogP contribution in [0.25, 0.3) is 0 Å². The summed E-state index contributed by atoms with van der Waals surface area (Å²) in [7, 11) is 0. The third-order valence-corrected chi connectivity index (χ3v) is 5.60. The predicted molar refractivity (Wildman–Crippen MR) is 80.4 cm³/mol. The SMILES string of the molecule is CCc1ccc(C(=O)Nc2nc3c(s2)CCCC3)s1. The number of aromatic nitrogens is 1. The molecule has 0 aromatic carbocycles. The average molecular weight is 292 g/mol. The lowest BCUT2D eigenvalue weighted by molar-refractivity contribution is 0.103. The standard InChI is InChI=1S/C14H16N2OS2/c1-2-9-7-8-12(18-9)13(17)16-14-15-10-5-3-4-6-11(10)19-14/h7-8H,2-6H2,1H3,(H,15,16,17). The summed E-state index contributed by atoms with van der Waals surface area (Å²) >= 11 is 3.19. The van der Waals surface area contributed by atoms with E-state index in [9.17, 15) is 4.79 Å². The number of aryl methyl sites for hydroxylation is 3. The highest BCUT2D eigenvalue weighted by Gasteiger charge is 2.17. The van der Waals surface area contributed by atoms with E-state index in [2.05, 4.69) is 17.2 Å². The summed E-state index contributed by atoms with van der Waals surface area (Å²) in [5, 5.41) is 3.68. The highest BCUT2D eigenvalue weighted by Crippen LogP contribution is 2.30. The molecule has 3 nitrogen and oxygen atoms in total. The van der Waals surface area contributed by atoms with Gasteiger partial charge in [-0.15, -0.1) is 22.7 Å². The average Bonchev–Trinajstić information content (AvgIpc) is 3.04. The van der Waals surface area contributed by atoms with Crippen LogP contribution in [-0.2, 0) is 19.3 Å². The lowest BCUT2D eigenvalue weighted by atomic mass is 10.0. The molecule has 1 N–H and O–H groups in total. The zero-order chi connectivity index (χ0) is 13.2. The zero-order valence-electron chi connectivity index (χ0n) is 10.9. The van der Waals surface area contributed by atoms with Crippen molar-refractivity contribution in [1.82, 2.24) is 4.98 Å². The number of hydrogen-bond acceptors (Lipinski definition) is 4. The van der Waals surface area contributed by atoms with Gasteiger partial charge in [-0.05, 0) is 44.2 Å². The van der Waals surface area contributed by atoms with Crippen molar-refractivity contribution in [3.8, 4) is 0 Å². The van der Waals surface area contributed by atoms with Crippen molar-refractivity contribution in [2.24, 2.45) is 0 Å². The molecular weight excluding hydrogens is 276 g/mol. The van der Waals surface area contributed by atoms with Gasteiger partial charge in [0.2, 0.25) is 0 Å². The molecule has 5 heteroatoms. The smallest absolute Gasteiger partial charge is 0.267 e. The molecule has 2 aromatic rings. The molecule has 0 bridgehead atoms. The fourth-order valence-corrected chi connectivity index (χ4v) is 4.14. The van der Waals surface area contributed by atoms with Crippen LogP contribution in [0.2, 0.25) is 0 Å². The molecule has 0 fully saturated rings. The second-order valence-electron chi connectivity index (χ2n) is 4.67. The minimum atomic E-state index is -0.0317. The number of carbonyl (C=O) groups is 1. The molecule has 2 aromatic heterocycles. The minimum absolute atomic E-state index is 0.0317. The fourth-order valence-electron chi connectivity index (χ4n) is 2.25. The maximum atomic E-state index is 12.1. The Morgan fingerprint density at radius 3 is 2.89 bits per heavy atom. The molecule has 100 valence electrons. The number of hydrogen-bond donors (Lipinski definition) is 1. The Morgan fingerprint density at radius 1 is 1.32 bits per heavy atom. The molecule has 2 heterocycles. The molecule has 1 aliphatic carbocycles. The van der Waals surface area contributed by atoms with Gasteiger partial charge in [-0.1, -0.05) is 6.92 Å². The number of carbonyl (C=O) groups excluding carboxylic acids is 1. The van der Waals surface area contributed by atoms with E-state index in [0.29, 0.717) is 0 Å². The van der Waals surface area contributed by atoms with Gasteiger partial charge in [-0.3, -0.25) is 10.1 Å². The summed E-state index contributed by atoms with van der Waals surface area (Å²) in [4.78, 5) is 20.0. The highest BCUT2D eigenvalue weighted by molar-refractivity contribution is 7.16. The predicted octanol–water partition coefficient (Wildman–Crippen LogP) is 3.90. The molecule has 0 aliphatic heterocycles. The van der Waals surface area contributed by atoms with Gasteiger partial charge in [-0.25, -0.2) is 4.98 Å². The van der Waals surface area contributed by atoms with Crippen LogP contribution >= 0.6 is 22.7 Å². The van der Waals surface area contributed by atoms with Crippen LogP contribution in [0, 0.1) is 0 Å². The second-order valence-corrected chi connectivity index (χ2v) is 6.92. The van der Waals surface area contributed by atoms with Crippen LogP contribution in [0.4, 0.5) is 5.13 Å². The van der Waals surface area contributed by atoms with E-state index in [1.807, 2.05) is 12.1 Å². The Bertz CT molecular complexity index is 577. The Balaban J connectivity index is 1.73. The Labute approximate surface area is 120 Å². The van der Waals surface area contributed by atoms with E-state index in [1.165, 1.54) is 28.3 Å². The first-order chi connectivity index (χ1) is 9.26. The van der Waals surface area contributed by atoms with Crippen molar-refractivity contribution < 1.29 is 4.79 Å². The van der Waals surface area contributed by atoms with Gasteiger partial charge >= 0.3 is 0 Å². The van der Waals surface area contributed by atoms with Crippen LogP contribution in [0.5, 0.6) is 0 Å². The number of fused-ring (bicyclic) bond motifs is 1. The molecule has 0 saturated heterocycles. The van der Waals surface area contributed by atoms with Crippen molar-refractivity contribution in [3.05, 3.63) is 32.5 Å². The maximum Gasteiger partial charge on any atom is 0.267 e. The minimum Gasteiger partial charge on any atom is -0.297 e. The summed E-state index contributed by atoms with van der Waals surface area (Å²) in [6, 6.07) is 3.92. The third-order valence-electron chi connectivity index (χ3n) is 3.30. The van der Waals surface area contributed by atoms with Gasteiger partial charge in [0, 0.05) is 9.75 Å². The van der Waals surface area contributed by atoms with Gasteiger partial charge in [-0.2, -0.15) is 0 Å². The van der Waals surface area contributed by atoms with Crippen LogP contribution in [0.3, 0.4) is 0 Å². The maximum absolute atomic E-state index is 12.1. The summed E-state index contributed by atoms with van der Waals surface area (Å²) in [6.07, 6.45) is 5.61. The Kier molecular flexibility index (Phi) is 3.66. The van der Waals surface area contributed by atoms with Crippen LogP contribution in [0.15, 0.2) is 12.1 Å². The first-order valence-electron chi connectivity index (χ1n) is 6.65. The molecule has 0 unspecified atom stereocenters. The molecule has 1 amide bonds. The summed E-state index contributed by atoms with van der Waals surface area (Å²) in [5.74, 6) is -0.0317. The van der Waals surface area contributed by atoms with Crippen molar-refractivity contribution in [3.63, 3.8) is 0 Å². The molecule has 1 aliphatic rings. The van der Waals surface area contributed by atoms with Gasteiger partial charge in [0.15, 0.2) is 5.13 Å². The normalized spacial score (nSPS) is 14.2. The number of thiophene rings is 1. The number of amides is 1. The van der Waals surface area contributed by atoms with Crippen LogP contribution in [-0.4, -0.2) is 10.9 Å². The van der Waals surface area contributed by atoms with E-state index >= 15 is 0 Å². The Morgan fingerprint density at radius 2 is 2.16 bits per heavy atom. The topological polar surface area (TPSA) is 42.0 Å². The van der Waals surface area contributed by atoms with Crippen LogP contribution < -0.4 is 5.32 Å². The highest BCUT2D eigenvalue weighted by atomic mass is 32.1. The quantitative estimate of drug-likeness (QED) is 0.932. The number of nitrogens with zero attached hydrogens (tertiary/aromatic N) is 1. The molecule has 0 atom stereocenters. The van der Waals surface area contributed by atoms with E-state index < -0.39 is 0 Å². The van der Waals surface area contributed by atoms with Crippen LogP contribution in [0.1, 0.15) is 44.9 Å². The van der Waals surface area contributed by atoms with Gasteiger partial charge in [0.25, 0.3) is 5.91 Å². The molecule has 0 saturated carbocycles. The van der Waals surface area contributed by atoms with Crippen molar-refractivity contribution in [2.75, 3.05) is 5.32 Å². The van der Waals surface area contributed by atoms with Gasteiger partial charge < -0.3 is 0 Å². The van der Waals surface area contributed by atoms with E-state index in [0.717, 1.165) is 29.3 Å². The summed E-state index contributed by atoms with van der Waals surface area (Å²) in [6.45, 7) is 2.10. The molecule has 0 spiro atoms. The number of nitrogens with one attached hydrogen (secondary N) is 1. The third kappa shape index (κ3) is 2.72. The zero-order valence-corrected chi connectivity index (χ0v) is 12.5. The monoisotopic (exact) mass is 292 g/mol. The molecular formula is C14H16N2OS2. The van der Waals surface area contributed by atoms with Gasteiger partial charge in [0.05, 0.1) is 10.6 Å². The van der Waals surface area contributed by atoms with E-state index in [1.54, 1.807) is 22.7 Å². The van der Waals surface area contributed by atoms with E-state index in [-0.39, 0.29) is 5.91 Å². The first-order valence-corrected chi connectivity index (χ1v) is 8.28. The van der Waals surface area contributed by atoms with Gasteiger partial charge in [0.1, 0.15) is 0 Å². The summed E-state index contributed by atoms with van der Waals surface area (Å²) in [5.41, 5.74) is 1.19. The number of thiazole rings is 1.